The zero-order valence-electron chi connectivity index (χ0n) is 16.7. The lowest BCUT2D eigenvalue weighted by molar-refractivity contribution is -0.138. The molecular weight excluding hydrogens is 411 g/mol. The summed E-state index contributed by atoms with van der Waals surface area (Å²) in [6, 6.07) is 9.01. The lowest BCUT2D eigenvalue weighted by Crippen LogP contribution is -2.38. The van der Waals surface area contributed by atoms with Crippen LogP contribution in [0.1, 0.15) is 35.7 Å². The molecule has 1 atom stereocenters. The molecule has 30 heavy (non-hydrogen) atoms. The Balaban J connectivity index is 1.77. The molecule has 3 rings (SSSR count). The molecule has 0 spiro atoms. The van der Waals surface area contributed by atoms with Crippen molar-refractivity contribution >= 4 is 27.6 Å². The summed E-state index contributed by atoms with van der Waals surface area (Å²) in [5.41, 5.74) is 0.622. The van der Waals surface area contributed by atoms with Gasteiger partial charge in [-0.15, -0.1) is 0 Å². The number of ether oxygens (including phenoxy) is 1. The quantitative estimate of drug-likeness (QED) is 0.706. The molecule has 0 radical (unpaired) electrons. The van der Waals surface area contributed by atoms with Crippen LogP contribution < -0.4 is 4.72 Å². The molecule has 1 saturated heterocycles. The molecule has 1 aliphatic heterocycles. The molecule has 7 nitrogen and oxygen atoms in total. The second kappa shape index (κ2) is 8.83. The van der Waals surface area contributed by atoms with Crippen molar-refractivity contribution in [1.29, 1.82) is 0 Å². The standard InChI is InChI=1S/C21H23FN2O5S/c1-14-5-6-16(21(26)29-15(2)20(25)24-11-3-4-12-24)13-19(14)30(27,28)23-18-9-7-17(22)8-10-18/h5-10,13,15,23H,3-4,11-12H2,1-2H3. The molecule has 0 aliphatic carbocycles. The molecule has 2 aromatic carbocycles. The van der Waals surface area contributed by atoms with Gasteiger partial charge in [0.2, 0.25) is 0 Å². The fraction of sp³-hybridized carbons (Fsp3) is 0.333. The molecule has 1 aliphatic rings. The summed E-state index contributed by atoms with van der Waals surface area (Å²) in [5, 5.41) is 0. The van der Waals surface area contributed by atoms with Crippen LogP contribution in [0.3, 0.4) is 0 Å². The van der Waals surface area contributed by atoms with E-state index < -0.39 is 27.9 Å². The summed E-state index contributed by atoms with van der Waals surface area (Å²) in [4.78, 5) is 26.4. The molecular formula is C21H23FN2O5S. The van der Waals surface area contributed by atoms with E-state index in [4.69, 9.17) is 4.74 Å². The largest absolute Gasteiger partial charge is 0.449 e. The van der Waals surface area contributed by atoms with Crippen molar-refractivity contribution < 1.29 is 27.1 Å². The van der Waals surface area contributed by atoms with E-state index in [1.54, 1.807) is 11.8 Å². The number of aryl methyl sites for hydroxylation is 1. The average molecular weight is 434 g/mol. The van der Waals surface area contributed by atoms with Gasteiger partial charge in [-0.05, 0) is 68.7 Å². The van der Waals surface area contributed by atoms with Gasteiger partial charge in [0, 0.05) is 18.8 Å². The number of benzene rings is 2. The van der Waals surface area contributed by atoms with Gasteiger partial charge in [-0.1, -0.05) is 6.07 Å². The number of hydrogen-bond donors (Lipinski definition) is 1. The normalized spacial score (nSPS) is 15.0. The first kappa shape index (κ1) is 21.8. The van der Waals surface area contributed by atoms with Gasteiger partial charge in [-0.2, -0.15) is 0 Å². The van der Waals surface area contributed by atoms with Crippen molar-refractivity contribution in [3.05, 3.63) is 59.4 Å². The Hall–Kier alpha value is -2.94. The van der Waals surface area contributed by atoms with Crippen LogP contribution in [0.25, 0.3) is 0 Å². The number of halogens is 1. The highest BCUT2D eigenvalue weighted by atomic mass is 32.2. The summed E-state index contributed by atoms with van der Waals surface area (Å²) < 4.78 is 46.2. The average Bonchev–Trinajstić information content (AvgIpc) is 3.23. The SMILES string of the molecule is Cc1ccc(C(=O)OC(C)C(=O)N2CCCC2)cc1S(=O)(=O)Nc1ccc(F)cc1. The molecule has 0 bridgehead atoms. The van der Waals surface area contributed by atoms with E-state index in [2.05, 4.69) is 4.72 Å². The molecule has 1 unspecified atom stereocenters. The summed E-state index contributed by atoms with van der Waals surface area (Å²) >= 11 is 0. The predicted molar refractivity (Wildman–Crippen MR) is 109 cm³/mol. The molecule has 1 fully saturated rings. The Bertz CT molecular complexity index is 1050. The maximum atomic E-state index is 13.1. The van der Waals surface area contributed by atoms with Gasteiger partial charge in [0.25, 0.3) is 15.9 Å². The van der Waals surface area contributed by atoms with Crippen molar-refractivity contribution in [3.63, 3.8) is 0 Å². The number of sulfonamides is 1. The maximum Gasteiger partial charge on any atom is 0.338 e. The van der Waals surface area contributed by atoms with E-state index in [1.807, 2.05) is 0 Å². The van der Waals surface area contributed by atoms with Gasteiger partial charge >= 0.3 is 5.97 Å². The Morgan fingerprint density at radius 2 is 1.73 bits per heavy atom. The Kier molecular flexibility index (Phi) is 6.40. The third kappa shape index (κ3) is 4.96. The van der Waals surface area contributed by atoms with Crippen LogP contribution in [-0.2, 0) is 19.6 Å². The van der Waals surface area contributed by atoms with Crippen LogP contribution in [-0.4, -0.2) is 44.4 Å². The van der Waals surface area contributed by atoms with Crippen molar-refractivity contribution in [3.8, 4) is 0 Å². The number of likely N-dealkylation sites (tertiary alicyclic amines) is 1. The number of carbonyl (C=O) groups is 2. The summed E-state index contributed by atoms with van der Waals surface area (Å²) in [6.45, 7) is 4.37. The number of esters is 1. The molecule has 0 saturated carbocycles. The first-order valence-corrected chi connectivity index (χ1v) is 11.0. The third-order valence-corrected chi connectivity index (χ3v) is 6.38. The van der Waals surface area contributed by atoms with E-state index in [-0.39, 0.29) is 22.1 Å². The van der Waals surface area contributed by atoms with E-state index >= 15 is 0 Å². The lowest BCUT2D eigenvalue weighted by Gasteiger charge is -2.20. The number of rotatable bonds is 6. The third-order valence-electron chi connectivity index (χ3n) is 4.86. The molecule has 1 heterocycles. The number of nitrogens with one attached hydrogen (secondary N) is 1. The van der Waals surface area contributed by atoms with Crippen LogP contribution in [0.2, 0.25) is 0 Å². The number of carbonyl (C=O) groups excluding carboxylic acids is 2. The summed E-state index contributed by atoms with van der Waals surface area (Å²) in [6.07, 6.45) is 0.883. The Morgan fingerprint density at radius 1 is 1.10 bits per heavy atom. The maximum absolute atomic E-state index is 13.1. The van der Waals surface area contributed by atoms with Crippen LogP contribution >= 0.6 is 0 Å². The second-order valence-corrected chi connectivity index (χ2v) is 8.82. The van der Waals surface area contributed by atoms with Crippen molar-refractivity contribution in [2.24, 2.45) is 0 Å². The van der Waals surface area contributed by atoms with Gasteiger partial charge in [0.05, 0.1) is 10.5 Å². The minimum absolute atomic E-state index is 0.0150. The van der Waals surface area contributed by atoms with Crippen LogP contribution in [0, 0.1) is 12.7 Å². The van der Waals surface area contributed by atoms with Gasteiger partial charge in [-0.25, -0.2) is 17.6 Å². The Labute approximate surface area is 174 Å². The molecule has 1 amide bonds. The minimum Gasteiger partial charge on any atom is -0.449 e. The Morgan fingerprint density at radius 3 is 2.37 bits per heavy atom. The van der Waals surface area contributed by atoms with Gasteiger partial charge < -0.3 is 9.64 Å². The predicted octanol–water partition coefficient (Wildman–Crippen LogP) is 3.10. The highest BCUT2D eigenvalue weighted by Crippen LogP contribution is 2.22. The fourth-order valence-electron chi connectivity index (χ4n) is 3.22. The number of anilines is 1. The monoisotopic (exact) mass is 434 g/mol. The van der Waals surface area contributed by atoms with E-state index in [1.165, 1.54) is 37.3 Å². The van der Waals surface area contributed by atoms with E-state index in [9.17, 15) is 22.4 Å². The highest BCUT2D eigenvalue weighted by Gasteiger charge is 2.27. The molecule has 160 valence electrons. The number of amides is 1. The van der Waals surface area contributed by atoms with Crippen molar-refractivity contribution in [2.45, 2.75) is 37.7 Å². The molecule has 1 N–H and O–H groups in total. The smallest absolute Gasteiger partial charge is 0.338 e. The first-order chi connectivity index (χ1) is 14.2. The summed E-state index contributed by atoms with van der Waals surface area (Å²) in [5.74, 6) is -1.54. The molecule has 2 aromatic rings. The van der Waals surface area contributed by atoms with E-state index in [0.29, 0.717) is 18.7 Å². The van der Waals surface area contributed by atoms with Crippen LogP contribution in [0.5, 0.6) is 0 Å². The number of hydrogen-bond acceptors (Lipinski definition) is 5. The molecule has 9 heteroatoms. The zero-order valence-corrected chi connectivity index (χ0v) is 17.5. The van der Waals surface area contributed by atoms with Gasteiger partial charge in [-0.3, -0.25) is 9.52 Å². The van der Waals surface area contributed by atoms with Crippen molar-refractivity contribution in [2.75, 3.05) is 17.8 Å². The van der Waals surface area contributed by atoms with Crippen molar-refractivity contribution in [1.82, 2.24) is 4.90 Å². The fourth-order valence-corrected chi connectivity index (χ4v) is 4.55. The van der Waals surface area contributed by atoms with E-state index in [0.717, 1.165) is 25.0 Å². The topological polar surface area (TPSA) is 92.8 Å². The first-order valence-electron chi connectivity index (χ1n) is 9.56. The highest BCUT2D eigenvalue weighted by molar-refractivity contribution is 7.92. The molecule has 0 aromatic heterocycles. The lowest BCUT2D eigenvalue weighted by atomic mass is 10.1. The second-order valence-electron chi connectivity index (χ2n) is 7.17. The summed E-state index contributed by atoms with van der Waals surface area (Å²) in [7, 11) is -4.03. The zero-order chi connectivity index (χ0) is 21.9. The minimum atomic E-state index is -4.03. The number of nitrogens with zero attached hydrogens (tertiary/aromatic N) is 1. The van der Waals surface area contributed by atoms with Crippen LogP contribution in [0.4, 0.5) is 10.1 Å². The van der Waals surface area contributed by atoms with Gasteiger partial charge in [0.15, 0.2) is 6.10 Å². The van der Waals surface area contributed by atoms with Gasteiger partial charge in [0.1, 0.15) is 5.82 Å². The van der Waals surface area contributed by atoms with Crippen LogP contribution in [0.15, 0.2) is 47.4 Å².